The molecule has 9 heteroatoms. The van der Waals surface area contributed by atoms with Gasteiger partial charge in [-0.2, -0.15) is 0 Å². The number of thiophene rings is 1. The van der Waals surface area contributed by atoms with Crippen molar-refractivity contribution in [2.45, 2.75) is 32.5 Å². The van der Waals surface area contributed by atoms with Crippen LogP contribution in [-0.4, -0.2) is 34.4 Å². The summed E-state index contributed by atoms with van der Waals surface area (Å²) in [5.74, 6) is 1.27. The highest BCUT2D eigenvalue weighted by Gasteiger charge is 2.17. The fraction of sp³-hybridized carbons (Fsp3) is 0.350. The number of benzene rings is 1. The molecule has 152 valence electrons. The van der Waals surface area contributed by atoms with E-state index in [1.807, 2.05) is 20.8 Å². The molecule has 2 aromatic heterocycles. The number of amides is 1. The van der Waals surface area contributed by atoms with Crippen molar-refractivity contribution in [2.24, 2.45) is 0 Å². The van der Waals surface area contributed by atoms with Crippen molar-refractivity contribution in [3.8, 4) is 11.5 Å². The Hall–Kier alpha value is -2.52. The van der Waals surface area contributed by atoms with Crippen LogP contribution in [0.3, 0.4) is 0 Å². The van der Waals surface area contributed by atoms with E-state index in [1.165, 1.54) is 23.1 Å². The topological polar surface area (TPSA) is 82.5 Å². The van der Waals surface area contributed by atoms with E-state index in [2.05, 4.69) is 10.3 Å². The molecule has 0 aliphatic carbocycles. The quantitative estimate of drug-likeness (QED) is 0.491. The second-order valence-electron chi connectivity index (χ2n) is 6.60. The van der Waals surface area contributed by atoms with Crippen LogP contribution < -0.4 is 20.3 Å². The molecule has 1 N–H and O–H groups in total. The molecule has 1 aliphatic rings. The van der Waals surface area contributed by atoms with E-state index in [-0.39, 0.29) is 17.2 Å². The SMILES string of the molecule is CCn1c(SCC(=O)Nc2ccc3c(c2)OCCO3)nc2sc(C)c(C)c2c1=O. The van der Waals surface area contributed by atoms with Gasteiger partial charge in [-0.1, -0.05) is 11.8 Å². The Balaban J connectivity index is 1.50. The van der Waals surface area contributed by atoms with Gasteiger partial charge in [-0.05, 0) is 38.5 Å². The zero-order valence-electron chi connectivity index (χ0n) is 16.4. The Labute approximate surface area is 176 Å². The summed E-state index contributed by atoms with van der Waals surface area (Å²) in [6.45, 7) is 7.36. The minimum absolute atomic E-state index is 0.0471. The Bertz CT molecular complexity index is 1150. The monoisotopic (exact) mass is 431 g/mol. The highest BCUT2D eigenvalue weighted by atomic mass is 32.2. The molecular weight excluding hydrogens is 410 g/mol. The molecule has 3 aromatic rings. The highest BCUT2D eigenvalue weighted by molar-refractivity contribution is 7.99. The first-order valence-electron chi connectivity index (χ1n) is 9.30. The van der Waals surface area contributed by atoms with Crippen molar-refractivity contribution >= 4 is 44.9 Å². The molecule has 0 atom stereocenters. The average Bonchev–Trinajstić information content (AvgIpc) is 3.00. The number of carbonyl (C=O) groups excluding carboxylic acids is 1. The first kappa shape index (κ1) is 19.8. The van der Waals surface area contributed by atoms with Crippen LogP contribution in [0.5, 0.6) is 11.5 Å². The normalized spacial score (nSPS) is 12.9. The Morgan fingerprint density at radius 3 is 2.79 bits per heavy atom. The number of thioether (sulfide) groups is 1. The fourth-order valence-electron chi connectivity index (χ4n) is 3.15. The van der Waals surface area contributed by atoms with Crippen LogP contribution in [0.25, 0.3) is 10.2 Å². The fourth-order valence-corrected chi connectivity index (χ4v) is 5.08. The zero-order valence-corrected chi connectivity index (χ0v) is 18.0. The third-order valence-corrected chi connectivity index (χ3v) is 6.81. The molecule has 0 saturated heterocycles. The maximum Gasteiger partial charge on any atom is 0.263 e. The van der Waals surface area contributed by atoms with Crippen LogP contribution in [-0.2, 0) is 11.3 Å². The third kappa shape index (κ3) is 3.84. The van der Waals surface area contributed by atoms with Crippen LogP contribution in [0.2, 0.25) is 0 Å². The van der Waals surface area contributed by atoms with Crippen molar-refractivity contribution < 1.29 is 14.3 Å². The molecule has 1 amide bonds. The minimum Gasteiger partial charge on any atom is -0.486 e. The first-order chi connectivity index (χ1) is 14.0. The lowest BCUT2D eigenvalue weighted by Crippen LogP contribution is -2.23. The van der Waals surface area contributed by atoms with Gasteiger partial charge in [0, 0.05) is 23.2 Å². The van der Waals surface area contributed by atoms with Crippen molar-refractivity contribution in [1.29, 1.82) is 0 Å². The highest BCUT2D eigenvalue weighted by Crippen LogP contribution is 2.33. The lowest BCUT2D eigenvalue weighted by molar-refractivity contribution is -0.113. The van der Waals surface area contributed by atoms with Crippen molar-refractivity contribution in [3.05, 3.63) is 39.0 Å². The lowest BCUT2D eigenvalue weighted by Gasteiger charge is -2.19. The van der Waals surface area contributed by atoms with E-state index < -0.39 is 0 Å². The average molecular weight is 432 g/mol. The van der Waals surface area contributed by atoms with Gasteiger partial charge in [0.15, 0.2) is 16.7 Å². The van der Waals surface area contributed by atoms with Gasteiger partial charge in [-0.15, -0.1) is 11.3 Å². The number of anilines is 1. The molecule has 0 saturated carbocycles. The van der Waals surface area contributed by atoms with E-state index in [9.17, 15) is 9.59 Å². The third-order valence-electron chi connectivity index (χ3n) is 4.73. The van der Waals surface area contributed by atoms with E-state index in [1.54, 1.807) is 22.8 Å². The molecule has 7 nitrogen and oxygen atoms in total. The molecule has 0 radical (unpaired) electrons. The van der Waals surface area contributed by atoms with Gasteiger partial charge in [-0.25, -0.2) is 4.98 Å². The second-order valence-corrected chi connectivity index (χ2v) is 8.75. The number of hydrogen-bond acceptors (Lipinski definition) is 7. The zero-order chi connectivity index (χ0) is 20.5. The standard InChI is InChI=1S/C20H21N3O4S2/c1-4-23-19(25)17-11(2)12(3)29-18(17)22-20(23)28-10-16(24)21-13-5-6-14-15(9-13)27-8-7-26-14/h5-6,9H,4,7-8,10H2,1-3H3,(H,21,24). The number of hydrogen-bond donors (Lipinski definition) is 1. The van der Waals surface area contributed by atoms with E-state index in [0.717, 1.165) is 15.3 Å². The summed E-state index contributed by atoms with van der Waals surface area (Å²) < 4.78 is 12.7. The number of ether oxygens (including phenoxy) is 2. The summed E-state index contributed by atoms with van der Waals surface area (Å²) in [5, 5.41) is 4.10. The summed E-state index contributed by atoms with van der Waals surface area (Å²) >= 11 is 2.77. The number of rotatable bonds is 5. The predicted octanol–water partition coefficient (Wildman–Crippen LogP) is 3.60. The van der Waals surface area contributed by atoms with Gasteiger partial charge in [0.25, 0.3) is 5.56 Å². The Kier molecular flexibility index (Phi) is 5.51. The maximum absolute atomic E-state index is 12.9. The molecule has 0 fully saturated rings. The van der Waals surface area contributed by atoms with Crippen LogP contribution in [0.15, 0.2) is 28.2 Å². The molecular formula is C20H21N3O4S2. The van der Waals surface area contributed by atoms with Crippen LogP contribution in [0.1, 0.15) is 17.4 Å². The summed E-state index contributed by atoms with van der Waals surface area (Å²) in [7, 11) is 0. The van der Waals surface area contributed by atoms with Crippen LogP contribution in [0.4, 0.5) is 5.69 Å². The second kappa shape index (κ2) is 8.08. The van der Waals surface area contributed by atoms with Crippen LogP contribution >= 0.6 is 23.1 Å². The summed E-state index contributed by atoms with van der Waals surface area (Å²) in [6.07, 6.45) is 0. The van der Waals surface area contributed by atoms with Gasteiger partial charge < -0.3 is 14.8 Å². The number of nitrogens with one attached hydrogen (secondary N) is 1. The van der Waals surface area contributed by atoms with Gasteiger partial charge in [0.2, 0.25) is 5.91 Å². The largest absolute Gasteiger partial charge is 0.486 e. The van der Waals surface area contributed by atoms with E-state index >= 15 is 0 Å². The Morgan fingerprint density at radius 1 is 1.28 bits per heavy atom. The van der Waals surface area contributed by atoms with Gasteiger partial charge >= 0.3 is 0 Å². The van der Waals surface area contributed by atoms with Gasteiger partial charge in [-0.3, -0.25) is 14.2 Å². The summed E-state index contributed by atoms with van der Waals surface area (Å²) in [4.78, 5) is 31.8. The molecule has 3 heterocycles. The minimum atomic E-state index is -0.179. The molecule has 29 heavy (non-hydrogen) atoms. The number of nitrogens with zero attached hydrogens (tertiary/aromatic N) is 2. The van der Waals surface area contributed by atoms with E-state index in [0.29, 0.717) is 47.5 Å². The maximum atomic E-state index is 12.9. The van der Waals surface area contributed by atoms with Crippen LogP contribution in [0, 0.1) is 13.8 Å². The molecule has 4 rings (SSSR count). The molecule has 0 unspecified atom stereocenters. The molecule has 0 spiro atoms. The molecule has 1 aliphatic heterocycles. The van der Waals surface area contributed by atoms with Gasteiger partial charge in [0.1, 0.15) is 18.0 Å². The van der Waals surface area contributed by atoms with Crippen molar-refractivity contribution in [3.63, 3.8) is 0 Å². The summed E-state index contributed by atoms with van der Waals surface area (Å²) in [6, 6.07) is 5.31. The number of aryl methyl sites for hydroxylation is 2. The molecule has 1 aromatic carbocycles. The smallest absolute Gasteiger partial charge is 0.263 e. The number of fused-ring (bicyclic) bond motifs is 2. The van der Waals surface area contributed by atoms with E-state index in [4.69, 9.17) is 9.47 Å². The van der Waals surface area contributed by atoms with Crippen molar-refractivity contribution in [1.82, 2.24) is 9.55 Å². The lowest BCUT2D eigenvalue weighted by atomic mass is 10.2. The molecule has 0 bridgehead atoms. The first-order valence-corrected chi connectivity index (χ1v) is 11.1. The number of aromatic nitrogens is 2. The predicted molar refractivity (Wildman–Crippen MR) is 116 cm³/mol. The Morgan fingerprint density at radius 2 is 2.03 bits per heavy atom. The van der Waals surface area contributed by atoms with Crippen molar-refractivity contribution in [2.75, 3.05) is 24.3 Å². The number of carbonyl (C=O) groups is 1. The van der Waals surface area contributed by atoms with Gasteiger partial charge in [0.05, 0.1) is 11.1 Å². The summed E-state index contributed by atoms with van der Waals surface area (Å²) in [5.41, 5.74) is 1.58.